The summed E-state index contributed by atoms with van der Waals surface area (Å²) in [5.41, 5.74) is 2.58. The highest BCUT2D eigenvalue weighted by atomic mass is 16.4. The lowest BCUT2D eigenvalue weighted by molar-refractivity contribution is -0.121. The third-order valence-corrected chi connectivity index (χ3v) is 6.71. The number of Topliss-reactive ketones (excluding diaryl/α,β-unsaturated/α-hetero) is 1. The first-order valence-electron chi connectivity index (χ1n) is 10.4. The van der Waals surface area contributed by atoms with Gasteiger partial charge in [0.1, 0.15) is 5.78 Å². The number of aromatic carboxylic acids is 1. The molecule has 4 nitrogen and oxygen atoms in total. The Morgan fingerprint density at radius 2 is 1.90 bits per heavy atom. The van der Waals surface area contributed by atoms with Crippen molar-refractivity contribution in [2.45, 2.75) is 39.0 Å². The Morgan fingerprint density at radius 3 is 2.52 bits per heavy atom. The standard InChI is InChI=1S/C25H31NO3/c1-18-16-26(17-22(19(2)27)14-20-8-5-4-6-9-20)13-12-25(18,3)23-11-7-10-21(15-23)24(28)29/h4-11,15,18,22H,12-14,16-17H2,1-3H3,(H,28,29)/t18-,22-,25+/m0/s1. The van der Waals surface area contributed by atoms with Gasteiger partial charge in [0, 0.05) is 19.0 Å². The van der Waals surface area contributed by atoms with E-state index in [-0.39, 0.29) is 17.1 Å². The number of likely N-dealkylation sites (tertiary alicyclic amines) is 1. The van der Waals surface area contributed by atoms with Gasteiger partial charge in [0.2, 0.25) is 0 Å². The van der Waals surface area contributed by atoms with Crippen LogP contribution in [0, 0.1) is 11.8 Å². The molecular formula is C25H31NO3. The second kappa shape index (κ2) is 8.91. The molecule has 0 amide bonds. The lowest BCUT2D eigenvalue weighted by atomic mass is 9.67. The second-order valence-corrected chi connectivity index (χ2v) is 8.71. The largest absolute Gasteiger partial charge is 0.478 e. The molecule has 1 heterocycles. The number of rotatable bonds is 7. The zero-order chi connectivity index (χ0) is 21.0. The third kappa shape index (κ3) is 4.94. The van der Waals surface area contributed by atoms with E-state index in [0.717, 1.165) is 38.0 Å². The van der Waals surface area contributed by atoms with E-state index in [1.165, 1.54) is 5.56 Å². The van der Waals surface area contributed by atoms with Crippen molar-refractivity contribution in [1.82, 2.24) is 4.90 Å². The molecule has 0 spiro atoms. The molecule has 3 atom stereocenters. The highest BCUT2D eigenvalue weighted by Crippen LogP contribution is 2.39. The molecule has 3 rings (SSSR count). The van der Waals surface area contributed by atoms with Gasteiger partial charge in [-0.1, -0.05) is 56.3 Å². The average Bonchev–Trinajstić information content (AvgIpc) is 2.71. The number of carboxylic acids is 1. The van der Waals surface area contributed by atoms with Crippen molar-refractivity contribution in [2.75, 3.05) is 19.6 Å². The summed E-state index contributed by atoms with van der Waals surface area (Å²) in [5.74, 6) is -0.274. The predicted molar refractivity (Wildman–Crippen MR) is 115 cm³/mol. The summed E-state index contributed by atoms with van der Waals surface area (Å²) in [7, 11) is 0. The number of benzene rings is 2. The van der Waals surface area contributed by atoms with Crippen LogP contribution in [-0.2, 0) is 16.6 Å². The zero-order valence-electron chi connectivity index (χ0n) is 17.6. The van der Waals surface area contributed by atoms with Crippen molar-refractivity contribution in [3.05, 3.63) is 71.3 Å². The Morgan fingerprint density at radius 1 is 1.17 bits per heavy atom. The predicted octanol–water partition coefficient (Wildman–Crippen LogP) is 4.43. The minimum atomic E-state index is -0.884. The number of carbonyl (C=O) groups excluding carboxylic acids is 1. The van der Waals surface area contributed by atoms with Crippen LogP contribution in [0.25, 0.3) is 0 Å². The van der Waals surface area contributed by atoms with E-state index in [0.29, 0.717) is 11.5 Å². The summed E-state index contributed by atoms with van der Waals surface area (Å²) < 4.78 is 0. The summed E-state index contributed by atoms with van der Waals surface area (Å²) in [6.07, 6.45) is 1.73. The van der Waals surface area contributed by atoms with E-state index >= 15 is 0 Å². The fourth-order valence-corrected chi connectivity index (χ4v) is 4.47. The minimum Gasteiger partial charge on any atom is -0.478 e. The molecule has 154 valence electrons. The molecule has 0 aromatic heterocycles. The molecular weight excluding hydrogens is 362 g/mol. The quantitative estimate of drug-likeness (QED) is 0.756. The highest BCUT2D eigenvalue weighted by molar-refractivity contribution is 5.87. The Balaban J connectivity index is 1.69. The van der Waals surface area contributed by atoms with Crippen LogP contribution in [0.3, 0.4) is 0 Å². The van der Waals surface area contributed by atoms with Crippen LogP contribution in [0.4, 0.5) is 0 Å². The number of carboxylic acid groups (broad SMARTS) is 1. The molecule has 0 bridgehead atoms. The fraction of sp³-hybridized carbons (Fsp3) is 0.440. The van der Waals surface area contributed by atoms with Gasteiger partial charge in [0.25, 0.3) is 0 Å². The molecule has 1 fully saturated rings. The van der Waals surface area contributed by atoms with Crippen LogP contribution in [0.15, 0.2) is 54.6 Å². The Bertz CT molecular complexity index is 863. The number of ketones is 1. The van der Waals surface area contributed by atoms with Crippen molar-refractivity contribution in [1.29, 1.82) is 0 Å². The van der Waals surface area contributed by atoms with E-state index in [1.54, 1.807) is 13.0 Å². The maximum absolute atomic E-state index is 12.3. The van der Waals surface area contributed by atoms with Crippen molar-refractivity contribution in [3.63, 3.8) is 0 Å². The van der Waals surface area contributed by atoms with Gasteiger partial charge in [-0.2, -0.15) is 0 Å². The molecule has 4 heteroatoms. The van der Waals surface area contributed by atoms with E-state index in [9.17, 15) is 14.7 Å². The van der Waals surface area contributed by atoms with Gasteiger partial charge in [0.15, 0.2) is 0 Å². The molecule has 1 N–H and O–H groups in total. The van der Waals surface area contributed by atoms with Crippen molar-refractivity contribution >= 4 is 11.8 Å². The van der Waals surface area contributed by atoms with Gasteiger partial charge in [-0.25, -0.2) is 4.79 Å². The molecule has 1 aliphatic rings. The van der Waals surface area contributed by atoms with Crippen molar-refractivity contribution in [3.8, 4) is 0 Å². The summed E-state index contributed by atoms with van der Waals surface area (Å²) >= 11 is 0. The van der Waals surface area contributed by atoms with Crippen LogP contribution in [-0.4, -0.2) is 41.4 Å². The van der Waals surface area contributed by atoms with E-state index < -0.39 is 5.97 Å². The summed E-state index contributed by atoms with van der Waals surface area (Å²) in [6, 6.07) is 17.6. The molecule has 2 aromatic carbocycles. The maximum atomic E-state index is 12.3. The van der Waals surface area contributed by atoms with Crippen molar-refractivity contribution < 1.29 is 14.7 Å². The summed E-state index contributed by atoms with van der Waals surface area (Å²) in [4.78, 5) is 26.0. The number of hydrogen-bond acceptors (Lipinski definition) is 3. The molecule has 1 aliphatic heterocycles. The second-order valence-electron chi connectivity index (χ2n) is 8.71. The normalized spacial score (nSPS) is 23.5. The average molecular weight is 394 g/mol. The van der Waals surface area contributed by atoms with Crippen molar-refractivity contribution in [2.24, 2.45) is 11.8 Å². The summed E-state index contributed by atoms with van der Waals surface area (Å²) in [6.45, 7) is 8.77. The van der Waals surface area contributed by atoms with Crippen LogP contribution >= 0.6 is 0 Å². The number of nitrogens with zero attached hydrogens (tertiary/aromatic N) is 1. The zero-order valence-corrected chi connectivity index (χ0v) is 17.6. The fourth-order valence-electron chi connectivity index (χ4n) is 4.47. The number of hydrogen-bond donors (Lipinski definition) is 1. The van der Waals surface area contributed by atoms with Gasteiger partial charge in [0.05, 0.1) is 5.56 Å². The Kier molecular flexibility index (Phi) is 6.53. The molecule has 2 aromatic rings. The van der Waals surface area contributed by atoms with Crippen LogP contribution in [0.2, 0.25) is 0 Å². The van der Waals surface area contributed by atoms with Crippen LogP contribution < -0.4 is 0 Å². The molecule has 29 heavy (non-hydrogen) atoms. The van der Waals surface area contributed by atoms with E-state index in [4.69, 9.17) is 0 Å². The SMILES string of the molecule is CC(=O)[C@@H](Cc1ccccc1)CN1CC[C@@](C)(c2cccc(C(=O)O)c2)[C@@H](C)C1. The molecule has 0 unspecified atom stereocenters. The molecule has 1 saturated heterocycles. The number of carbonyl (C=O) groups is 2. The Hall–Kier alpha value is -2.46. The van der Waals surface area contributed by atoms with Gasteiger partial charge in [-0.05, 0) is 60.9 Å². The molecule has 0 saturated carbocycles. The smallest absolute Gasteiger partial charge is 0.335 e. The van der Waals surface area contributed by atoms with Gasteiger partial charge < -0.3 is 10.0 Å². The Labute approximate surface area is 173 Å². The maximum Gasteiger partial charge on any atom is 0.335 e. The van der Waals surface area contributed by atoms with Crippen LogP contribution in [0.1, 0.15) is 48.7 Å². The van der Waals surface area contributed by atoms with Gasteiger partial charge in [-0.15, -0.1) is 0 Å². The third-order valence-electron chi connectivity index (χ3n) is 6.71. The van der Waals surface area contributed by atoms with Crippen LogP contribution in [0.5, 0.6) is 0 Å². The first kappa shape index (κ1) is 21.3. The molecule has 0 aliphatic carbocycles. The van der Waals surface area contributed by atoms with E-state index in [2.05, 4.69) is 30.9 Å². The first-order chi connectivity index (χ1) is 13.8. The topological polar surface area (TPSA) is 57.6 Å². The molecule has 0 radical (unpaired) electrons. The monoisotopic (exact) mass is 393 g/mol. The minimum absolute atomic E-state index is 0.00398. The lowest BCUT2D eigenvalue weighted by Crippen LogP contribution is -2.49. The first-order valence-corrected chi connectivity index (χ1v) is 10.4. The van der Waals surface area contributed by atoms with Gasteiger partial charge >= 0.3 is 5.97 Å². The highest BCUT2D eigenvalue weighted by Gasteiger charge is 2.38. The van der Waals surface area contributed by atoms with Gasteiger partial charge in [-0.3, -0.25) is 4.79 Å². The summed E-state index contributed by atoms with van der Waals surface area (Å²) in [5, 5.41) is 9.33. The number of piperidine rings is 1. The van der Waals surface area contributed by atoms with E-state index in [1.807, 2.05) is 36.4 Å². The lowest BCUT2D eigenvalue weighted by Gasteiger charge is -2.46.